The monoisotopic (exact) mass is 341 g/mol. The summed E-state index contributed by atoms with van der Waals surface area (Å²) in [6.07, 6.45) is 0. The van der Waals surface area contributed by atoms with Crippen molar-refractivity contribution in [3.05, 3.63) is 58.1 Å². The average Bonchev–Trinajstić information content (AvgIpc) is 3.21. The minimum Gasteiger partial charge on any atom is -0.458 e. The van der Waals surface area contributed by atoms with Crippen molar-refractivity contribution in [2.45, 2.75) is 13.5 Å². The lowest BCUT2D eigenvalue weighted by Gasteiger charge is -2.12. The quantitative estimate of drug-likeness (QED) is 0.768. The number of benzene rings is 1. The van der Waals surface area contributed by atoms with Gasteiger partial charge in [-0.2, -0.15) is 0 Å². The third-order valence-corrected chi connectivity index (χ3v) is 4.38. The van der Waals surface area contributed by atoms with E-state index < -0.39 is 0 Å². The molecule has 3 rings (SSSR count). The van der Waals surface area contributed by atoms with Crippen molar-refractivity contribution in [1.82, 2.24) is 10.3 Å². The SMILES string of the molecule is Cc1nc(-c2ccc(CNC(=O)c3ccc(N(C)C)cc3)o2)cs1. The van der Waals surface area contributed by atoms with Crippen molar-refractivity contribution >= 4 is 22.9 Å². The van der Waals surface area contributed by atoms with Gasteiger partial charge in [-0.05, 0) is 43.3 Å². The van der Waals surface area contributed by atoms with Crippen molar-refractivity contribution in [2.24, 2.45) is 0 Å². The summed E-state index contributed by atoms with van der Waals surface area (Å²) in [5.41, 5.74) is 2.51. The van der Waals surface area contributed by atoms with Gasteiger partial charge >= 0.3 is 0 Å². The zero-order valence-electron chi connectivity index (χ0n) is 13.9. The second-order valence-electron chi connectivity index (χ2n) is 5.64. The number of hydrogen-bond donors (Lipinski definition) is 1. The van der Waals surface area contributed by atoms with Crippen molar-refractivity contribution in [2.75, 3.05) is 19.0 Å². The van der Waals surface area contributed by atoms with E-state index in [1.807, 2.05) is 67.7 Å². The fourth-order valence-electron chi connectivity index (χ4n) is 2.27. The number of carbonyl (C=O) groups is 1. The first-order valence-electron chi connectivity index (χ1n) is 7.60. The molecule has 3 aromatic rings. The Bertz CT molecular complexity index is 834. The lowest BCUT2D eigenvalue weighted by atomic mass is 10.2. The Morgan fingerprint density at radius 2 is 1.96 bits per heavy atom. The normalized spacial score (nSPS) is 10.6. The van der Waals surface area contributed by atoms with Crippen molar-refractivity contribution in [3.8, 4) is 11.5 Å². The molecule has 0 aliphatic heterocycles. The van der Waals surface area contributed by atoms with Gasteiger partial charge in [-0.15, -0.1) is 11.3 Å². The fourth-order valence-corrected chi connectivity index (χ4v) is 2.87. The van der Waals surface area contributed by atoms with E-state index in [4.69, 9.17) is 4.42 Å². The number of amides is 1. The molecule has 0 saturated heterocycles. The van der Waals surface area contributed by atoms with Crippen molar-refractivity contribution < 1.29 is 9.21 Å². The van der Waals surface area contributed by atoms with E-state index in [1.54, 1.807) is 11.3 Å². The Hall–Kier alpha value is -2.60. The van der Waals surface area contributed by atoms with Crippen LogP contribution in [0.2, 0.25) is 0 Å². The van der Waals surface area contributed by atoms with E-state index in [2.05, 4.69) is 10.3 Å². The van der Waals surface area contributed by atoms with Crippen molar-refractivity contribution in [3.63, 3.8) is 0 Å². The van der Waals surface area contributed by atoms with Gasteiger partial charge in [0, 0.05) is 30.7 Å². The maximum absolute atomic E-state index is 12.2. The molecular formula is C18H19N3O2S. The molecule has 6 heteroatoms. The van der Waals surface area contributed by atoms with E-state index in [0.717, 1.165) is 22.1 Å². The molecule has 24 heavy (non-hydrogen) atoms. The van der Waals surface area contributed by atoms with Crippen LogP contribution in [-0.4, -0.2) is 25.0 Å². The van der Waals surface area contributed by atoms with Gasteiger partial charge < -0.3 is 14.6 Å². The van der Waals surface area contributed by atoms with Crippen LogP contribution in [0.3, 0.4) is 0 Å². The van der Waals surface area contributed by atoms with Crippen LogP contribution < -0.4 is 10.2 Å². The van der Waals surface area contributed by atoms with Crippen LogP contribution in [0.4, 0.5) is 5.69 Å². The van der Waals surface area contributed by atoms with Gasteiger partial charge in [0.1, 0.15) is 11.5 Å². The number of carbonyl (C=O) groups excluding carboxylic acids is 1. The van der Waals surface area contributed by atoms with E-state index in [9.17, 15) is 4.79 Å². The number of hydrogen-bond acceptors (Lipinski definition) is 5. The molecule has 1 amide bonds. The molecule has 0 saturated carbocycles. The van der Waals surface area contributed by atoms with Gasteiger partial charge in [-0.1, -0.05) is 0 Å². The average molecular weight is 341 g/mol. The predicted octanol–water partition coefficient (Wildman–Crippen LogP) is 3.71. The van der Waals surface area contributed by atoms with Gasteiger partial charge in [0.25, 0.3) is 5.91 Å². The summed E-state index contributed by atoms with van der Waals surface area (Å²) in [4.78, 5) is 18.6. The van der Waals surface area contributed by atoms with Crippen molar-refractivity contribution in [1.29, 1.82) is 0 Å². The minimum absolute atomic E-state index is 0.122. The lowest BCUT2D eigenvalue weighted by Crippen LogP contribution is -2.22. The van der Waals surface area contributed by atoms with E-state index in [-0.39, 0.29) is 5.91 Å². The fraction of sp³-hybridized carbons (Fsp3) is 0.222. The number of aryl methyl sites for hydroxylation is 1. The maximum atomic E-state index is 12.2. The van der Waals surface area contributed by atoms with E-state index in [1.165, 1.54) is 0 Å². The van der Waals surface area contributed by atoms with E-state index >= 15 is 0 Å². The molecule has 0 radical (unpaired) electrons. The van der Waals surface area contributed by atoms with Crippen LogP contribution in [0.5, 0.6) is 0 Å². The first kappa shape index (κ1) is 16.3. The van der Waals surface area contributed by atoms with Crippen LogP contribution in [0.25, 0.3) is 11.5 Å². The topological polar surface area (TPSA) is 58.4 Å². The Labute approximate surface area is 144 Å². The molecule has 2 aromatic heterocycles. The van der Waals surface area contributed by atoms with Crippen LogP contribution in [0.1, 0.15) is 21.1 Å². The second kappa shape index (κ2) is 6.88. The lowest BCUT2D eigenvalue weighted by molar-refractivity contribution is 0.0948. The number of aromatic nitrogens is 1. The molecule has 0 aliphatic carbocycles. The predicted molar refractivity (Wildman–Crippen MR) is 96.5 cm³/mol. The molecule has 1 N–H and O–H groups in total. The molecule has 0 spiro atoms. The Morgan fingerprint density at radius 3 is 2.58 bits per heavy atom. The van der Waals surface area contributed by atoms with Gasteiger partial charge in [0.2, 0.25) is 0 Å². The summed E-state index contributed by atoms with van der Waals surface area (Å²) in [7, 11) is 3.93. The first-order chi connectivity index (χ1) is 11.5. The number of rotatable bonds is 5. The summed E-state index contributed by atoms with van der Waals surface area (Å²) in [5, 5.41) is 5.83. The largest absolute Gasteiger partial charge is 0.458 e. The molecule has 1 aromatic carbocycles. The molecular weight excluding hydrogens is 322 g/mol. The van der Waals surface area contributed by atoms with Gasteiger partial charge in [0.15, 0.2) is 5.76 Å². The van der Waals surface area contributed by atoms with Crippen LogP contribution >= 0.6 is 11.3 Å². The molecule has 0 bridgehead atoms. The van der Waals surface area contributed by atoms with Gasteiger partial charge in [-0.25, -0.2) is 4.98 Å². The molecule has 124 valence electrons. The smallest absolute Gasteiger partial charge is 0.251 e. The highest BCUT2D eigenvalue weighted by Gasteiger charge is 2.10. The minimum atomic E-state index is -0.122. The highest BCUT2D eigenvalue weighted by atomic mass is 32.1. The second-order valence-corrected chi connectivity index (χ2v) is 6.70. The summed E-state index contributed by atoms with van der Waals surface area (Å²) < 4.78 is 5.74. The summed E-state index contributed by atoms with van der Waals surface area (Å²) in [6.45, 7) is 2.30. The molecule has 0 unspecified atom stereocenters. The summed E-state index contributed by atoms with van der Waals surface area (Å²) in [5.74, 6) is 1.30. The maximum Gasteiger partial charge on any atom is 0.251 e. The van der Waals surface area contributed by atoms with Crippen LogP contribution in [0, 0.1) is 6.92 Å². The third kappa shape index (κ3) is 3.65. The zero-order valence-corrected chi connectivity index (χ0v) is 14.7. The molecule has 0 fully saturated rings. The standard InChI is InChI=1S/C18H19N3O2S/c1-12-20-16(11-24-12)17-9-8-15(23-17)10-19-18(22)13-4-6-14(7-5-13)21(2)3/h4-9,11H,10H2,1-3H3,(H,19,22). The summed E-state index contributed by atoms with van der Waals surface area (Å²) >= 11 is 1.58. The highest BCUT2D eigenvalue weighted by molar-refractivity contribution is 7.09. The summed E-state index contributed by atoms with van der Waals surface area (Å²) in [6, 6.07) is 11.2. The van der Waals surface area contributed by atoms with Gasteiger partial charge in [-0.3, -0.25) is 4.79 Å². The third-order valence-electron chi connectivity index (χ3n) is 3.60. The Balaban J connectivity index is 1.61. The Morgan fingerprint density at radius 1 is 1.21 bits per heavy atom. The number of furan rings is 1. The van der Waals surface area contributed by atoms with Gasteiger partial charge in [0.05, 0.1) is 11.6 Å². The first-order valence-corrected chi connectivity index (χ1v) is 8.47. The molecule has 0 aliphatic rings. The number of thiazole rings is 1. The van der Waals surface area contributed by atoms with Crippen LogP contribution in [0.15, 0.2) is 46.2 Å². The Kier molecular flexibility index (Phi) is 4.66. The number of nitrogens with one attached hydrogen (secondary N) is 1. The zero-order chi connectivity index (χ0) is 17.1. The number of nitrogens with zero attached hydrogens (tertiary/aromatic N) is 2. The highest BCUT2D eigenvalue weighted by Crippen LogP contribution is 2.23. The molecule has 2 heterocycles. The van der Waals surface area contributed by atoms with E-state index in [0.29, 0.717) is 17.9 Å². The van der Waals surface area contributed by atoms with Crippen LogP contribution in [-0.2, 0) is 6.54 Å². The molecule has 5 nitrogen and oxygen atoms in total. The number of anilines is 1. The molecule has 0 atom stereocenters.